The van der Waals surface area contributed by atoms with E-state index in [9.17, 15) is 4.79 Å². The molecular weight excluding hydrogens is 284 g/mol. The molecule has 3 N–H and O–H groups in total. The molecule has 1 aromatic rings. The number of hydrogen-bond donors (Lipinski definition) is 2. The molecule has 0 heterocycles. The maximum Gasteiger partial charge on any atom is 0.251 e. The fourth-order valence-corrected chi connectivity index (χ4v) is 2.19. The first-order valence-electron chi connectivity index (χ1n) is 5.49. The molecular formula is C12H15BrN2O2. The third-order valence-electron chi connectivity index (χ3n) is 3.03. The number of rotatable bonds is 3. The molecule has 0 aliphatic heterocycles. The maximum atomic E-state index is 11.9. The van der Waals surface area contributed by atoms with Crippen LogP contribution in [0.25, 0.3) is 0 Å². The first-order chi connectivity index (χ1) is 8.10. The van der Waals surface area contributed by atoms with Crippen molar-refractivity contribution in [3.8, 4) is 0 Å². The number of amides is 1. The van der Waals surface area contributed by atoms with E-state index in [1.807, 2.05) is 0 Å². The average Bonchev–Trinajstić information content (AvgIpc) is 2.26. The molecule has 0 unspecified atom stereocenters. The van der Waals surface area contributed by atoms with Crippen LogP contribution in [0.15, 0.2) is 22.7 Å². The lowest BCUT2D eigenvalue weighted by atomic mass is 9.89. The van der Waals surface area contributed by atoms with Gasteiger partial charge in [-0.1, -0.05) is 0 Å². The van der Waals surface area contributed by atoms with Gasteiger partial charge in [-0.05, 0) is 47.0 Å². The third-order valence-corrected chi connectivity index (χ3v) is 3.71. The zero-order valence-electron chi connectivity index (χ0n) is 9.57. The van der Waals surface area contributed by atoms with E-state index in [0.29, 0.717) is 17.4 Å². The van der Waals surface area contributed by atoms with Crippen molar-refractivity contribution in [2.24, 2.45) is 0 Å². The predicted octanol–water partition coefficient (Wildman–Crippen LogP) is 1.94. The van der Waals surface area contributed by atoms with E-state index < -0.39 is 0 Å². The number of halogens is 1. The van der Waals surface area contributed by atoms with Crippen LogP contribution in [0.5, 0.6) is 0 Å². The molecule has 1 fully saturated rings. The van der Waals surface area contributed by atoms with Crippen molar-refractivity contribution in [2.75, 3.05) is 12.8 Å². The van der Waals surface area contributed by atoms with Gasteiger partial charge in [0, 0.05) is 28.9 Å². The number of nitrogen functional groups attached to an aromatic ring is 1. The van der Waals surface area contributed by atoms with Gasteiger partial charge in [-0.15, -0.1) is 0 Å². The van der Waals surface area contributed by atoms with Crippen LogP contribution in [0.1, 0.15) is 23.2 Å². The highest BCUT2D eigenvalue weighted by Gasteiger charge is 2.30. The SMILES string of the molecule is COC1CC(NC(=O)c2ccc(N)c(Br)c2)C1. The van der Waals surface area contributed by atoms with E-state index in [1.54, 1.807) is 25.3 Å². The number of ether oxygens (including phenoxy) is 1. The molecule has 1 amide bonds. The summed E-state index contributed by atoms with van der Waals surface area (Å²) in [6.45, 7) is 0. The minimum absolute atomic E-state index is 0.0646. The highest BCUT2D eigenvalue weighted by Crippen LogP contribution is 2.24. The van der Waals surface area contributed by atoms with Crippen LogP contribution in [-0.4, -0.2) is 25.2 Å². The van der Waals surface area contributed by atoms with Gasteiger partial charge in [-0.2, -0.15) is 0 Å². The van der Waals surface area contributed by atoms with Gasteiger partial charge in [0.25, 0.3) is 5.91 Å². The van der Waals surface area contributed by atoms with E-state index in [-0.39, 0.29) is 11.9 Å². The number of methoxy groups -OCH3 is 1. The number of benzene rings is 1. The number of carbonyl (C=O) groups excluding carboxylic acids is 1. The maximum absolute atomic E-state index is 11.9. The lowest BCUT2D eigenvalue weighted by Crippen LogP contribution is -2.47. The Morgan fingerprint density at radius 3 is 2.82 bits per heavy atom. The van der Waals surface area contributed by atoms with Gasteiger partial charge in [-0.3, -0.25) is 4.79 Å². The number of carbonyl (C=O) groups is 1. The smallest absolute Gasteiger partial charge is 0.251 e. The van der Waals surface area contributed by atoms with E-state index in [0.717, 1.165) is 17.3 Å². The average molecular weight is 299 g/mol. The number of anilines is 1. The van der Waals surface area contributed by atoms with E-state index in [4.69, 9.17) is 10.5 Å². The summed E-state index contributed by atoms with van der Waals surface area (Å²) in [5.41, 5.74) is 6.92. The minimum atomic E-state index is -0.0646. The summed E-state index contributed by atoms with van der Waals surface area (Å²) in [5.74, 6) is -0.0646. The summed E-state index contributed by atoms with van der Waals surface area (Å²) >= 11 is 3.31. The van der Waals surface area contributed by atoms with Crippen LogP contribution in [0.4, 0.5) is 5.69 Å². The summed E-state index contributed by atoms with van der Waals surface area (Å²) in [6, 6.07) is 5.40. The zero-order valence-corrected chi connectivity index (χ0v) is 11.2. The van der Waals surface area contributed by atoms with Crippen molar-refractivity contribution in [2.45, 2.75) is 25.0 Å². The Morgan fingerprint density at radius 1 is 1.53 bits per heavy atom. The Balaban J connectivity index is 1.94. The molecule has 1 aliphatic rings. The van der Waals surface area contributed by atoms with Crippen LogP contribution < -0.4 is 11.1 Å². The van der Waals surface area contributed by atoms with Gasteiger partial charge in [0.05, 0.1) is 6.10 Å². The Morgan fingerprint density at radius 2 is 2.24 bits per heavy atom. The first-order valence-corrected chi connectivity index (χ1v) is 6.28. The molecule has 1 aromatic carbocycles. The second-order valence-electron chi connectivity index (χ2n) is 4.24. The van der Waals surface area contributed by atoms with Crippen molar-refractivity contribution >= 4 is 27.5 Å². The predicted molar refractivity (Wildman–Crippen MR) is 69.8 cm³/mol. The molecule has 0 atom stereocenters. The van der Waals surface area contributed by atoms with Gasteiger partial charge in [0.1, 0.15) is 0 Å². The van der Waals surface area contributed by atoms with Gasteiger partial charge in [-0.25, -0.2) is 0 Å². The van der Waals surface area contributed by atoms with E-state index in [1.165, 1.54) is 0 Å². The molecule has 2 rings (SSSR count). The second-order valence-corrected chi connectivity index (χ2v) is 5.09. The number of nitrogens with one attached hydrogen (secondary N) is 1. The van der Waals surface area contributed by atoms with Crippen LogP contribution in [0, 0.1) is 0 Å². The molecule has 0 aromatic heterocycles. The van der Waals surface area contributed by atoms with Crippen LogP contribution in [-0.2, 0) is 4.74 Å². The Kier molecular flexibility index (Phi) is 3.69. The summed E-state index contributed by atoms with van der Waals surface area (Å²) < 4.78 is 5.91. The molecule has 17 heavy (non-hydrogen) atoms. The number of nitrogens with two attached hydrogens (primary N) is 1. The molecule has 92 valence electrons. The van der Waals surface area contributed by atoms with Crippen LogP contribution in [0.3, 0.4) is 0 Å². The molecule has 5 heteroatoms. The molecule has 1 aliphatic carbocycles. The molecule has 1 saturated carbocycles. The zero-order chi connectivity index (χ0) is 12.4. The summed E-state index contributed by atoms with van der Waals surface area (Å²) in [5, 5.41) is 2.96. The summed E-state index contributed by atoms with van der Waals surface area (Å²) in [4.78, 5) is 11.9. The number of hydrogen-bond acceptors (Lipinski definition) is 3. The van der Waals surface area contributed by atoms with Crippen molar-refractivity contribution in [1.29, 1.82) is 0 Å². The van der Waals surface area contributed by atoms with Gasteiger partial charge in [0.2, 0.25) is 0 Å². The quantitative estimate of drug-likeness (QED) is 0.838. The van der Waals surface area contributed by atoms with Crippen molar-refractivity contribution < 1.29 is 9.53 Å². The van der Waals surface area contributed by atoms with E-state index in [2.05, 4.69) is 21.2 Å². The minimum Gasteiger partial charge on any atom is -0.398 e. The largest absolute Gasteiger partial charge is 0.398 e. The van der Waals surface area contributed by atoms with Crippen molar-refractivity contribution in [3.63, 3.8) is 0 Å². The van der Waals surface area contributed by atoms with Gasteiger partial charge < -0.3 is 15.8 Å². The Labute approximate surface area is 109 Å². The van der Waals surface area contributed by atoms with Crippen LogP contribution in [0.2, 0.25) is 0 Å². The Bertz CT molecular complexity index is 431. The second kappa shape index (κ2) is 5.06. The third kappa shape index (κ3) is 2.79. The van der Waals surface area contributed by atoms with E-state index >= 15 is 0 Å². The van der Waals surface area contributed by atoms with Crippen molar-refractivity contribution in [3.05, 3.63) is 28.2 Å². The lowest BCUT2D eigenvalue weighted by molar-refractivity contribution is 0.0176. The summed E-state index contributed by atoms with van der Waals surface area (Å²) in [6.07, 6.45) is 2.06. The van der Waals surface area contributed by atoms with Gasteiger partial charge in [0.15, 0.2) is 0 Å². The topological polar surface area (TPSA) is 64.3 Å². The van der Waals surface area contributed by atoms with Gasteiger partial charge >= 0.3 is 0 Å². The molecule has 0 saturated heterocycles. The molecule has 0 radical (unpaired) electrons. The molecule has 0 bridgehead atoms. The Hall–Kier alpha value is -1.07. The monoisotopic (exact) mass is 298 g/mol. The highest BCUT2D eigenvalue weighted by atomic mass is 79.9. The fourth-order valence-electron chi connectivity index (χ4n) is 1.81. The molecule has 0 spiro atoms. The summed E-state index contributed by atoms with van der Waals surface area (Å²) in [7, 11) is 1.69. The lowest BCUT2D eigenvalue weighted by Gasteiger charge is -2.34. The van der Waals surface area contributed by atoms with Crippen LogP contribution >= 0.6 is 15.9 Å². The highest BCUT2D eigenvalue weighted by molar-refractivity contribution is 9.10. The fraction of sp³-hybridized carbons (Fsp3) is 0.417. The first kappa shape index (κ1) is 12.4. The standard InChI is InChI=1S/C12H15BrN2O2/c1-17-9-5-8(6-9)15-12(16)7-2-3-11(14)10(13)4-7/h2-4,8-9H,5-6,14H2,1H3,(H,15,16). The normalized spacial score (nSPS) is 22.9. The molecule has 4 nitrogen and oxygen atoms in total. The van der Waals surface area contributed by atoms with Crippen molar-refractivity contribution in [1.82, 2.24) is 5.32 Å².